The fraction of sp³-hybridized carbons (Fsp3) is 0.273. The normalized spacial score (nSPS) is 9.83. The van der Waals surface area contributed by atoms with E-state index in [2.05, 4.69) is 5.32 Å². The number of carbonyl (C=O) groups excluding carboxylic acids is 1. The van der Waals surface area contributed by atoms with Gasteiger partial charge in [-0.15, -0.1) is 0 Å². The highest BCUT2D eigenvalue weighted by Gasteiger charge is 2.11. The number of nitro groups is 1. The second kappa shape index (κ2) is 5.76. The average Bonchev–Trinajstić information content (AvgIpc) is 2.29. The van der Waals surface area contributed by atoms with Crippen molar-refractivity contribution < 1.29 is 19.6 Å². The Morgan fingerprint density at radius 3 is 2.56 bits per heavy atom. The van der Waals surface area contributed by atoms with Crippen LogP contribution >= 0.6 is 0 Å². The van der Waals surface area contributed by atoms with Crippen molar-refractivity contribution in [2.75, 3.05) is 5.32 Å². The number of aryl methyl sites for hydroxylation is 1. The molecule has 0 aliphatic rings. The van der Waals surface area contributed by atoms with Crippen LogP contribution in [0.5, 0.6) is 0 Å². The van der Waals surface area contributed by atoms with Gasteiger partial charge in [-0.3, -0.25) is 19.7 Å². The lowest BCUT2D eigenvalue weighted by molar-refractivity contribution is -0.384. The monoisotopic (exact) mass is 252 g/mol. The molecular weight excluding hydrogens is 240 g/mol. The van der Waals surface area contributed by atoms with E-state index >= 15 is 0 Å². The van der Waals surface area contributed by atoms with E-state index in [-0.39, 0.29) is 18.5 Å². The van der Waals surface area contributed by atoms with Gasteiger partial charge in [0, 0.05) is 24.2 Å². The Balaban J connectivity index is 2.70. The molecule has 0 saturated heterocycles. The molecule has 7 heteroatoms. The van der Waals surface area contributed by atoms with Crippen LogP contribution in [0.2, 0.25) is 0 Å². The minimum absolute atomic E-state index is 0.0592. The average molecular weight is 252 g/mol. The molecule has 1 aromatic carbocycles. The number of amides is 1. The molecule has 0 spiro atoms. The first-order valence-corrected chi connectivity index (χ1v) is 5.17. The minimum atomic E-state index is -1.05. The topological polar surface area (TPSA) is 110 Å². The Labute approximate surface area is 103 Å². The summed E-state index contributed by atoms with van der Waals surface area (Å²) in [6, 6.07) is 4.04. The van der Waals surface area contributed by atoms with Crippen LogP contribution in [-0.4, -0.2) is 21.9 Å². The largest absolute Gasteiger partial charge is 0.481 e. The Morgan fingerprint density at radius 2 is 2.06 bits per heavy atom. The summed E-state index contributed by atoms with van der Waals surface area (Å²) in [4.78, 5) is 31.7. The number of nitro benzene ring substituents is 1. The molecule has 0 aliphatic carbocycles. The molecule has 18 heavy (non-hydrogen) atoms. The van der Waals surface area contributed by atoms with Crippen molar-refractivity contribution in [3.8, 4) is 0 Å². The Hall–Kier alpha value is -2.44. The van der Waals surface area contributed by atoms with E-state index in [9.17, 15) is 19.7 Å². The first kappa shape index (κ1) is 13.6. The van der Waals surface area contributed by atoms with Crippen molar-refractivity contribution in [3.05, 3.63) is 33.9 Å². The third-order valence-electron chi connectivity index (χ3n) is 2.26. The fourth-order valence-corrected chi connectivity index (χ4v) is 1.33. The van der Waals surface area contributed by atoms with Crippen LogP contribution in [0.4, 0.5) is 11.4 Å². The van der Waals surface area contributed by atoms with E-state index in [1.807, 2.05) is 0 Å². The van der Waals surface area contributed by atoms with Gasteiger partial charge in [-0.25, -0.2) is 0 Å². The highest BCUT2D eigenvalue weighted by Crippen LogP contribution is 2.21. The summed E-state index contributed by atoms with van der Waals surface area (Å²) >= 11 is 0. The van der Waals surface area contributed by atoms with E-state index in [0.29, 0.717) is 11.3 Å². The zero-order valence-electron chi connectivity index (χ0n) is 9.67. The molecule has 0 unspecified atom stereocenters. The van der Waals surface area contributed by atoms with Gasteiger partial charge in [0.15, 0.2) is 0 Å². The number of carbonyl (C=O) groups is 2. The van der Waals surface area contributed by atoms with Crippen LogP contribution in [-0.2, 0) is 9.59 Å². The molecule has 0 bridgehead atoms. The van der Waals surface area contributed by atoms with Crippen molar-refractivity contribution in [2.24, 2.45) is 0 Å². The minimum Gasteiger partial charge on any atom is -0.481 e. The number of anilines is 1. The molecule has 1 aromatic rings. The number of aliphatic carboxylic acids is 1. The van der Waals surface area contributed by atoms with Crippen molar-refractivity contribution in [1.82, 2.24) is 0 Å². The summed E-state index contributed by atoms with van der Waals surface area (Å²) in [6.45, 7) is 1.62. The summed E-state index contributed by atoms with van der Waals surface area (Å²) in [5.41, 5.74) is 0.930. The van der Waals surface area contributed by atoms with Gasteiger partial charge in [0.2, 0.25) is 5.91 Å². The molecule has 1 rings (SSSR count). The predicted molar refractivity (Wildman–Crippen MR) is 63.3 cm³/mol. The maximum atomic E-state index is 11.4. The second-order valence-electron chi connectivity index (χ2n) is 3.70. The smallest absolute Gasteiger partial charge is 0.303 e. The van der Waals surface area contributed by atoms with Crippen LogP contribution in [0, 0.1) is 17.0 Å². The van der Waals surface area contributed by atoms with E-state index in [0.717, 1.165) is 0 Å². The first-order chi connectivity index (χ1) is 8.40. The van der Waals surface area contributed by atoms with E-state index < -0.39 is 16.8 Å². The van der Waals surface area contributed by atoms with Gasteiger partial charge in [-0.2, -0.15) is 0 Å². The van der Waals surface area contributed by atoms with Gasteiger partial charge < -0.3 is 10.4 Å². The van der Waals surface area contributed by atoms with Gasteiger partial charge in [0.1, 0.15) is 0 Å². The predicted octanol–water partition coefficient (Wildman–Crippen LogP) is 1.71. The number of hydrogen-bond donors (Lipinski definition) is 2. The van der Waals surface area contributed by atoms with E-state index in [1.165, 1.54) is 18.2 Å². The number of non-ortho nitro benzene ring substituents is 1. The van der Waals surface area contributed by atoms with Crippen LogP contribution < -0.4 is 5.32 Å². The Kier molecular flexibility index (Phi) is 4.36. The summed E-state index contributed by atoms with van der Waals surface area (Å²) in [5, 5.41) is 21.4. The van der Waals surface area contributed by atoms with Crippen molar-refractivity contribution in [3.63, 3.8) is 0 Å². The van der Waals surface area contributed by atoms with Gasteiger partial charge in [0.25, 0.3) is 5.69 Å². The molecule has 2 N–H and O–H groups in total. The van der Waals surface area contributed by atoms with Crippen LogP contribution in [0.15, 0.2) is 18.2 Å². The molecule has 0 aromatic heterocycles. The Morgan fingerprint density at radius 1 is 1.39 bits per heavy atom. The van der Waals surface area contributed by atoms with Crippen LogP contribution in [0.25, 0.3) is 0 Å². The van der Waals surface area contributed by atoms with Crippen LogP contribution in [0.3, 0.4) is 0 Å². The second-order valence-corrected chi connectivity index (χ2v) is 3.70. The molecule has 0 atom stereocenters. The molecule has 7 nitrogen and oxygen atoms in total. The molecule has 0 saturated carbocycles. The van der Waals surface area contributed by atoms with E-state index in [4.69, 9.17) is 5.11 Å². The van der Waals surface area contributed by atoms with Crippen LogP contribution in [0.1, 0.15) is 18.4 Å². The number of hydrogen-bond acceptors (Lipinski definition) is 4. The van der Waals surface area contributed by atoms with Gasteiger partial charge in [-0.1, -0.05) is 0 Å². The standard InChI is InChI=1S/C11H12N2O5/c1-7-6-8(13(17)18)2-3-9(7)12-10(14)4-5-11(15)16/h2-3,6H,4-5H2,1H3,(H,12,14)(H,15,16). The number of benzene rings is 1. The van der Waals surface area contributed by atoms with Gasteiger partial charge >= 0.3 is 5.97 Å². The molecule has 0 fully saturated rings. The fourth-order valence-electron chi connectivity index (χ4n) is 1.33. The molecule has 0 aliphatic heterocycles. The lowest BCUT2D eigenvalue weighted by Crippen LogP contribution is -2.14. The van der Waals surface area contributed by atoms with E-state index in [1.54, 1.807) is 6.92 Å². The summed E-state index contributed by atoms with van der Waals surface area (Å²) in [5.74, 6) is -1.49. The lowest BCUT2D eigenvalue weighted by atomic mass is 10.1. The maximum absolute atomic E-state index is 11.4. The Bertz CT molecular complexity index is 498. The summed E-state index contributed by atoms with van der Waals surface area (Å²) in [6.07, 6.45) is -0.385. The van der Waals surface area contributed by atoms with Gasteiger partial charge in [-0.05, 0) is 18.6 Å². The SMILES string of the molecule is Cc1cc([N+](=O)[O-])ccc1NC(=O)CCC(=O)O. The number of nitrogens with zero attached hydrogens (tertiary/aromatic N) is 1. The van der Waals surface area contributed by atoms with Crippen molar-refractivity contribution in [2.45, 2.75) is 19.8 Å². The van der Waals surface area contributed by atoms with Gasteiger partial charge in [0.05, 0.1) is 11.3 Å². The zero-order chi connectivity index (χ0) is 13.7. The molecule has 1 amide bonds. The molecule has 0 heterocycles. The van der Waals surface area contributed by atoms with Crippen molar-refractivity contribution in [1.29, 1.82) is 0 Å². The number of carboxylic acids is 1. The molecule has 96 valence electrons. The highest BCUT2D eigenvalue weighted by atomic mass is 16.6. The molecular formula is C11H12N2O5. The summed E-state index contributed by atoms with van der Waals surface area (Å²) in [7, 11) is 0. The zero-order valence-corrected chi connectivity index (χ0v) is 9.67. The number of rotatable bonds is 5. The quantitative estimate of drug-likeness (QED) is 0.612. The highest BCUT2D eigenvalue weighted by molar-refractivity contribution is 5.93. The third-order valence-corrected chi connectivity index (χ3v) is 2.26. The number of carboxylic acid groups (broad SMARTS) is 1. The first-order valence-electron chi connectivity index (χ1n) is 5.17. The maximum Gasteiger partial charge on any atom is 0.303 e. The summed E-state index contributed by atoms with van der Waals surface area (Å²) < 4.78 is 0. The third kappa shape index (κ3) is 3.85. The molecule has 0 radical (unpaired) electrons. The van der Waals surface area contributed by atoms with Crippen molar-refractivity contribution >= 4 is 23.3 Å². The lowest BCUT2D eigenvalue weighted by Gasteiger charge is -2.07. The number of nitrogens with one attached hydrogen (secondary N) is 1.